The molecule has 0 radical (unpaired) electrons. The summed E-state index contributed by atoms with van der Waals surface area (Å²) in [6.45, 7) is 3.43. The van der Waals surface area contributed by atoms with Gasteiger partial charge in [-0.15, -0.1) is 11.8 Å². The summed E-state index contributed by atoms with van der Waals surface area (Å²) in [7, 11) is 0. The zero-order chi connectivity index (χ0) is 12.8. The first-order valence-electron chi connectivity index (χ1n) is 6.73. The number of hydrogen-bond acceptors (Lipinski definition) is 3. The Morgan fingerprint density at radius 1 is 1.39 bits per heavy atom. The van der Waals surface area contributed by atoms with Gasteiger partial charge in [0.1, 0.15) is 0 Å². The van der Waals surface area contributed by atoms with Crippen molar-refractivity contribution < 1.29 is 0 Å². The maximum absolute atomic E-state index is 5.81. The van der Waals surface area contributed by atoms with Gasteiger partial charge in [-0.25, -0.2) is 4.98 Å². The van der Waals surface area contributed by atoms with Crippen molar-refractivity contribution in [2.45, 2.75) is 43.7 Å². The highest BCUT2D eigenvalue weighted by Gasteiger charge is 2.19. The van der Waals surface area contributed by atoms with E-state index >= 15 is 0 Å². The topological polar surface area (TPSA) is 24.9 Å². The summed E-state index contributed by atoms with van der Waals surface area (Å²) in [5, 5.41) is 5.43. The number of halogens is 1. The molecule has 0 aliphatic heterocycles. The number of hydrogen-bond donors (Lipinski definition) is 1. The maximum atomic E-state index is 5.81. The van der Waals surface area contributed by atoms with Crippen LogP contribution in [0.15, 0.2) is 23.4 Å². The van der Waals surface area contributed by atoms with Crippen molar-refractivity contribution in [3.05, 3.63) is 23.4 Å². The molecule has 1 saturated carbocycles. The summed E-state index contributed by atoms with van der Waals surface area (Å²) >= 11 is 7.59. The molecule has 1 aliphatic rings. The normalized spacial score (nSPS) is 24.1. The summed E-state index contributed by atoms with van der Waals surface area (Å²) in [6.07, 6.45) is 7.21. The van der Waals surface area contributed by atoms with Gasteiger partial charge >= 0.3 is 0 Å². The second-order valence-electron chi connectivity index (χ2n) is 4.99. The van der Waals surface area contributed by atoms with E-state index in [1.54, 1.807) is 18.0 Å². The molecule has 0 saturated heterocycles. The molecule has 4 heteroatoms. The lowest BCUT2D eigenvalue weighted by Crippen LogP contribution is -2.38. The highest BCUT2D eigenvalue weighted by atomic mass is 35.5. The first kappa shape index (κ1) is 14.2. The molecule has 0 bridgehead atoms. The van der Waals surface area contributed by atoms with Crippen molar-refractivity contribution in [1.82, 2.24) is 10.3 Å². The Balaban J connectivity index is 1.65. The molecule has 1 aromatic heterocycles. The van der Waals surface area contributed by atoms with Crippen molar-refractivity contribution in [3.63, 3.8) is 0 Å². The molecule has 1 fully saturated rings. The zero-order valence-electron chi connectivity index (χ0n) is 10.9. The molecule has 2 rings (SSSR count). The Morgan fingerprint density at radius 3 is 2.94 bits per heavy atom. The predicted octanol–water partition coefficient (Wildman–Crippen LogP) is 4.00. The Labute approximate surface area is 119 Å². The van der Waals surface area contributed by atoms with Gasteiger partial charge in [0.2, 0.25) is 0 Å². The molecular weight excluding hydrogens is 264 g/mol. The lowest BCUT2D eigenvalue weighted by Gasteiger charge is -2.29. The average Bonchev–Trinajstić information content (AvgIpc) is 2.39. The molecular formula is C14H21ClN2S. The van der Waals surface area contributed by atoms with Crippen LogP contribution in [0.2, 0.25) is 5.02 Å². The largest absolute Gasteiger partial charge is 0.313 e. The van der Waals surface area contributed by atoms with Crippen molar-refractivity contribution in [2.24, 2.45) is 5.92 Å². The molecule has 18 heavy (non-hydrogen) atoms. The fraction of sp³-hybridized carbons (Fsp3) is 0.643. The van der Waals surface area contributed by atoms with Crippen molar-refractivity contribution >= 4 is 23.4 Å². The maximum Gasteiger partial charge on any atom is 0.0961 e. The van der Waals surface area contributed by atoms with E-state index in [-0.39, 0.29) is 0 Å². The van der Waals surface area contributed by atoms with Crippen LogP contribution in [0.25, 0.3) is 0 Å². The molecule has 1 heterocycles. The van der Waals surface area contributed by atoms with Crippen LogP contribution in [0.3, 0.4) is 0 Å². The number of rotatable bonds is 5. The van der Waals surface area contributed by atoms with Gasteiger partial charge in [-0.1, -0.05) is 31.4 Å². The van der Waals surface area contributed by atoms with Crippen LogP contribution in [-0.4, -0.2) is 23.3 Å². The third-order valence-corrected chi connectivity index (χ3v) is 4.74. The van der Waals surface area contributed by atoms with E-state index in [9.17, 15) is 0 Å². The number of aromatic nitrogens is 1. The molecule has 0 spiro atoms. The molecule has 2 atom stereocenters. The molecule has 0 amide bonds. The van der Waals surface area contributed by atoms with E-state index in [1.807, 2.05) is 12.1 Å². The van der Waals surface area contributed by atoms with Crippen molar-refractivity contribution in [3.8, 4) is 0 Å². The monoisotopic (exact) mass is 284 g/mol. The molecule has 100 valence electrons. The molecule has 2 unspecified atom stereocenters. The third kappa shape index (κ3) is 4.45. The van der Waals surface area contributed by atoms with Crippen LogP contribution in [-0.2, 0) is 0 Å². The standard InChI is InChI=1S/C14H21ClN2S/c1-11-4-2-3-5-13(11)16-8-9-18-14-7-6-12(15)10-17-14/h6-7,10-11,13,16H,2-5,8-9H2,1H3. The van der Waals surface area contributed by atoms with Crippen LogP contribution < -0.4 is 5.32 Å². The van der Waals surface area contributed by atoms with Gasteiger partial charge in [0.05, 0.1) is 10.0 Å². The highest BCUT2D eigenvalue weighted by molar-refractivity contribution is 7.99. The quantitative estimate of drug-likeness (QED) is 0.654. The lowest BCUT2D eigenvalue weighted by atomic mass is 9.86. The molecule has 2 nitrogen and oxygen atoms in total. The van der Waals surface area contributed by atoms with Crippen LogP contribution in [0, 0.1) is 5.92 Å². The Morgan fingerprint density at radius 2 is 2.22 bits per heavy atom. The first-order chi connectivity index (χ1) is 8.75. The number of pyridine rings is 1. The number of nitrogens with one attached hydrogen (secondary N) is 1. The van der Waals surface area contributed by atoms with E-state index in [0.29, 0.717) is 5.02 Å². The number of thioether (sulfide) groups is 1. The van der Waals surface area contributed by atoms with Gasteiger partial charge in [-0.05, 0) is 30.9 Å². The minimum atomic E-state index is 0.702. The van der Waals surface area contributed by atoms with E-state index in [0.717, 1.165) is 29.3 Å². The fourth-order valence-electron chi connectivity index (χ4n) is 2.47. The molecule has 1 aromatic rings. The smallest absolute Gasteiger partial charge is 0.0961 e. The fourth-order valence-corrected chi connectivity index (χ4v) is 3.30. The van der Waals surface area contributed by atoms with Crippen LogP contribution in [0.1, 0.15) is 32.6 Å². The minimum absolute atomic E-state index is 0.702. The van der Waals surface area contributed by atoms with Gasteiger partial charge in [0.15, 0.2) is 0 Å². The average molecular weight is 285 g/mol. The van der Waals surface area contributed by atoms with Crippen LogP contribution in [0.5, 0.6) is 0 Å². The summed E-state index contributed by atoms with van der Waals surface area (Å²) in [5.74, 6) is 1.90. The number of nitrogens with zero attached hydrogens (tertiary/aromatic N) is 1. The van der Waals surface area contributed by atoms with Crippen molar-refractivity contribution in [2.75, 3.05) is 12.3 Å². The Bertz CT molecular complexity index is 355. The third-order valence-electron chi connectivity index (χ3n) is 3.57. The molecule has 1 N–H and O–H groups in total. The van der Waals surface area contributed by atoms with Gasteiger partial charge < -0.3 is 5.32 Å². The van der Waals surface area contributed by atoms with Gasteiger partial charge in [-0.3, -0.25) is 0 Å². The van der Waals surface area contributed by atoms with Crippen LogP contribution in [0.4, 0.5) is 0 Å². The highest BCUT2D eigenvalue weighted by Crippen LogP contribution is 2.24. The molecule has 1 aliphatic carbocycles. The van der Waals surface area contributed by atoms with E-state index in [4.69, 9.17) is 11.6 Å². The SMILES string of the molecule is CC1CCCCC1NCCSc1ccc(Cl)cn1. The summed E-state index contributed by atoms with van der Waals surface area (Å²) < 4.78 is 0. The Hall–Kier alpha value is -0.250. The minimum Gasteiger partial charge on any atom is -0.313 e. The zero-order valence-corrected chi connectivity index (χ0v) is 12.4. The van der Waals surface area contributed by atoms with Gasteiger partial charge in [-0.2, -0.15) is 0 Å². The van der Waals surface area contributed by atoms with E-state index in [2.05, 4.69) is 17.2 Å². The summed E-state index contributed by atoms with van der Waals surface area (Å²) in [6, 6.07) is 4.60. The predicted molar refractivity (Wildman–Crippen MR) is 79.4 cm³/mol. The Kier molecular flexibility index (Phi) is 5.80. The lowest BCUT2D eigenvalue weighted by molar-refractivity contribution is 0.285. The second-order valence-corrected chi connectivity index (χ2v) is 6.54. The summed E-state index contributed by atoms with van der Waals surface area (Å²) in [5.41, 5.74) is 0. The van der Waals surface area contributed by atoms with Crippen LogP contribution >= 0.6 is 23.4 Å². The molecule has 0 aromatic carbocycles. The second kappa shape index (κ2) is 7.37. The van der Waals surface area contributed by atoms with Gasteiger partial charge in [0.25, 0.3) is 0 Å². The van der Waals surface area contributed by atoms with Gasteiger partial charge in [0, 0.05) is 24.5 Å². The summed E-state index contributed by atoms with van der Waals surface area (Å²) in [4.78, 5) is 4.28. The van der Waals surface area contributed by atoms with E-state index < -0.39 is 0 Å². The van der Waals surface area contributed by atoms with Crippen molar-refractivity contribution in [1.29, 1.82) is 0 Å². The van der Waals surface area contributed by atoms with E-state index in [1.165, 1.54) is 25.7 Å². The first-order valence-corrected chi connectivity index (χ1v) is 8.10.